The number of benzene rings is 1. The molecule has 1 heterocycles. The Hall–Kier alpha value is -2.05. The van der Waals surface area contributed by atoms with Gasteiger partial charge in [-0.25, -0.2) is 4.68 Å². The number of aliphatic carboxylic acids is 1. The van der Waals surface area contributed by atoms with Crippen LogP contribution in [0.25, 0.3) is 5.69 Å². The second-order valence-electron chi connectivity index (χ2n) is 6.41. The van der Waals surface area contributed by atoms with Crippen molar-refractivity contribution in [3.8, 4) is 5.69 Å². The second-order valence-corrected chi connectivity index (χ2v) is 7.25. The van der Waals surface area contributed by atoms with Crippen LogP contribution in [0.3, 0.4) is 0 Å². The van der Waals surface area contributed by atoms with E-state index >= 15 is 0 Å². The Bertz CT molecular complexity index is 815. The van der Waals surface area contributed by atoms with E-state index in [1.54, 1.807) is 42.8 Å². The van der Waals surface area contributed by atoms with Crippen molar-refractivity contribution in [3.63, 3.8) is 0 Å². The molecule has 0 radical (unpaired) electrons. The van der Waals surface area contributed by atoms with Crippen LogP contribution < -0.4 is 5.32 Å². The van der Waals surface area contributed by atoms with E-state index in [0.717, 1.165) is 5.69 Å². The van der Waals surface area contributed by atoms with Crippen LogP contribution >= 0.6 is 23.2 Å². The van der Waals surface area contributed by atoms with Crippen molar-refractivity contribution in [2.24, 2.45) is 0 Å². The van der Waals surface area contributed by atoms with E-state index in [4.69, 9.17) is 28.3 Å². The minimum Gasteiger partial charge on any atom is -0.481 e. The number of nitrogens with one attached hydrogen (secondary N) is 1. The molecule has 0 saturated carbocycles. The number of carboxylic acids is 1. The molecule has 0 unspecified atom stereocenters. The smallest absolute Gasteiger partial charge is 0.303 e. The molecule has 8 heteroatoms. The number of aryl methyl sites for hydroxylation is 1. The summed E-state index contributed by atoms with van der Waals surface area (Å²) in [6.07, 6.45) is 0.290. The van der Waals surface area contributed by atoms with E-state index in [9.17, 15) is 9.59 Å². The van der Waals surface area contributed by atoms with Crippen LogP contribution in [0.2, 0.25) is 10.0 Å². The van der Waals surface area contributed by atoms with Crippen molar-refractivity contribution < 1.29 is 14.7 Å². The van der Waals surface area contributed by atoms with E-state index < -0.39 is 11.5 Å². The first-order valence-corrected chi connectivity index (χ1v) is 8.41. The number of nitrogens with zero attached hydrogens (tertiary/aromatic N) is 2. The van der Waals surface area contributed by atoms with Gasteiger partial charge in [0.1, 0.15) is 0 Å². The van der Waals surface area contributed by atoms with E-state index in [-0.39, 0.29) is 18.0 Å². The molecule has 0 spiro atoms. The first-order chi connectivity index (χ1) is 11.6. The highest BCUT2D eigenvalue weighted by Gasteiger charge is 2.24. The molecule has 0 bridgehead atoms. The molecular formula is C17H19Cl2N3O3. The van der Waals surface area contributed by atoms with Crippen LogP contribution in [0.15, 0.2) is 24.3 Å². The molecule has 1 amide bonds. The number of hydrogen-bond donors (Lipinski definition) is 2. The largest absolute Gasteiger partial charge is 0.481 e. The van der Waals surface area contributed by atoms with Crippen LogP contribution in [0, 0.1) is 6.92 Å². The molecular weight excluding hydrogens is 365 g/mol. The number of rotatable bonds is 6. The van der Waals surface area contributed by atoms with Gasteiger partial charge in [0, 0.05) is 22.7 Å². The maximum absolute atomic E-state index is 12.5. The van der Waals surface area contributed by atoms with Gasteiger partial charge in [-0.15, -0.1) is 0 Å². The highest BCUT2D eigenvalue weighted by Crippen LogP contribution is 2.25. The third-order valence-electron chi connectivity index (χ3n) is 3.67. The van der Waals surface area contributed by atoms with Crippen LogP contribution in [0.4, 0.5) is 0 Å². The summed E-state index contributed by atoms with van der Waals surface area (Å²) in [5, 5.41) is 16.8. The summed E-state index contributed by atoms with van der Waals surface area (Å²) in [5.74, 6) is -1.28. The Morgan fingerprint density at radius 3 is 2.56 bits per heavy atom. The van der Waals surface area contributed by atoms with Gasteiger partial charge in [-0.3, -0.25) is 9.59 Å². The van der Waals surface area contributed by atoms with Crippen LogP contribution in [0.1, 0.15) is 42.9 Å². The van der Waals surface area contributed by atoms with Crippen LogP contribution in [-0.4, -0.2) is 32.3 Å². The zero-order chi connectivity index (χ0) is 18.8. The Morgan fingerprint density at radius 2 is 1.96 bits per heavy atom. The quantitative estimate of drug-likeness (QED) is 0.792. The summed E-state index contributed by atoms with van der Waals surface area (Å²) < 4.78 is 1.57. The molecule has 134 valence electrons. The Labute approximate surface area is 155 Å². The fraction of sp³-hybridized carbons (Fsp3) is 0.353. The summed E-state index contributed by atoms with van der Waals surface area (Å²) in [4.78, 5) is 23.2. The maximum Gasteiger partial charge on any atom is 0.303 e. The van der Waals surface area contributed by atoms with E-state index in [0.29, 0.717) is 22.2 Å². The summed E-state index contributed by atoms with van der Waals surface area (Å²) in [7, 11) is 0. The highest BCUT2D eigenvalue weighted by molar-refractivity contribution is 6.35. The molecule has 0 aliphatic carbocycles. The summed E-state index contributed by atoms with van der Waals surface area (Å²) in [5.41, 5.74) is 0.919. The monoisotopic (exact) mass is 383 g/mol. The third-order valence-corrected chi connectivity index (χ3v) is 4.21. The van der Waals surface area contributed by atoms with Crippen molar-refractivity contribution in [2.75, 3.05) is 0 Å². The SMILES string of the molecule is Cc1cc(C(=O)NC(C)(C)CCC(=O)O)nn1-c1ccc(Cl)cc1Cl. The lowest BCUT2D eigenvalue weighted by Crippen LogP contribution is -2.43. The van der Waals surface area contributed by atoms with Crippen LogP contribution in [0.5, 0.6) is 0 Å². The fourth-order valence-electron chi connectivity index (χ4n) is 2.34. The molecule has 6 nitrogen and oxygen atoms in total. The molecule has 2 N–H and O–H groups in total. The minimum absolute atomic E-state index is 0.0267. The van der Waals surface area contributed by atoms with Gasteiger partial charge < -0.3 is 10.4 Å². The van der Waals surface area contributed by atoms with Gasteiger partial charge in [0.25, 0.3) is 5.91 Å². The average molecular weight is 384 g/mol. The number of carbonyl (C=O) groups is 2. The molecule has 2 rings (SSSR count). The maximum atomic E-state index is 12.5. The van der Waals surface area contributed by atoms with E-state index in [1.165, 1.54) is 0 Å². The number of carboxylic acid groups (broad SMARTS) is 1. The Balaban J connectivity index is 2.21. The zero-order valence-corrected chi connectivity index (χ0v) is 15.6. The van der Waals surface area contributed by atoms with Gasteiger partial charge in [0.15, 0.2) is 5.69 Å². The van der Waals surface area contributed by atoms with Crippen molar-refractivity contribution in [3.05, 3.63) is 45.7 Å². The van der Waals surface area contributed by atoms with E-state index in [1.807, 2.05) is 6.92 Å². The second kappa shape index (κ2) is 7.45. The summed E-state index contributed by atoms with van der Waals surface area (Å²) >= 11 is 12.1. The minimum atomic E-state index is -0.903. The zero-order valence-electron chi connectivity index (χ0n) is 14.1. The highest BCUT2D eigenvalue weighted by atomic mass is 35.5. The number of hydrogen-bond acceptors (Lipinski definition) is 3. The molecule has 0 fully saturated rings. The third kappa shape index (κ3) is 4.96. The summed E-state index contributed by atoms with van der Waals surface area (Å²) in [6.45, 7) is 5.35. The molecule has 2 aromatic rings. The van der Waals surface area contributed by atoms with Gasteiger partial charge in [-0.2, -0.15) is 5.10 Å². The van der Waals surface area contributed by atoms with Crippen molar-refractivity contribution in [1.29, 1.82) is 0 Å². The lowest BCUT2D eigenvalue weighted by molar-refractivity contribution is -0.137. The number of aromatic nitrogens is 2. The van der Waals surface area contributed by atoms with Crippen molar-refractivity contribution in [1.82, 2.24) is 15.1 Å². The van der Waals surface area contributed by atoms with Gasteiger partial charge in [-0.05, 0) is 51.5 Å². The lowest BCUT2D eigenvalue weighted by Gasteiger charge is -2.25. The summed E-state index contributed by atoms with van der Waals surface area (Å²) in [6, 6.07) is 6.67. The topological polar surface area (TPSA) is 84.2 Å². The number of halogens is 2. The fourth-order valence-corrected chi connectivity index (χ4v) is 2.82. The standard InChI is InChI=1S/C17H19Cl2N3O3/c1-10-8-13(16(25)20-17(2,3)7-6-15(23)24)21-22(10)14-5-4-11(18)9-12(14)19/h4-5,8-9H,6-7H2,1-3H3,(H,20,25)(H,23,24). The molecule has 0 aliphatic rings. The molecule has 25 heavy (non-hydrogen) atoms. The lowest BCUT2D eigenvalue weighted by atomic mass is 9.98. The molecule has 0 atom stereocenters. The number of amides is 1. The Kier molecular flexibility index (Phi) is 5.75. The number of carbonyl (C=O) groups excluding carboxylic acids is 1. The Morgan fingerprint density at radius 1 is 1.28 bits per heavy atom. The van der Waals surface area contributed by atoms with Gasteiger partial charge >= 0.3 is 5.97 Å². The molecule has 0 saturated heterocycles. The molecule has 1 aromatic carbocycles. The average Bonchev–Trinajstić information content (AvgIpc) is 2.87. The van der Waals surface area contributed by atoms with Crippen molar-refractivity contribution in [2.45, 2.75) is 39.2 Å². The van der Waals surface area contributed by atoms with Crippen LogP contribution in [-0.2, 0) is 4.79 Å². The van der Waals surface area contributed by atoms with Crippen molar-refractivity contribution >= 4 is 35.1 Å². The molecule has 1 aromatic heterocycles. The predicted molar refractivity (Wildman–Crippen MR) is 96.7 cm³/mol. The normalized spacial score (nSPS) is 11.4. The van der Waals surface area contributed by atoms with Gasteiger partial charge in [0.2, 0.25) is 0 Å². The predicted octanol–water partition coefficient (Wildman–Crippen LogP) is 3.86. The van der Waals surface area contributed by atoms with Gasteiger partial charge in [0.05, 0.1) is 10.7 Å². The first kappa shape index (κ1) is 19.3. The first-order valence-electron chi connectivity index (χ1n) is 7.65. The van der Waals surface area contributed by atoms with Gasteiger partial charge in [-0.1, -0.05) is 23.2 Å². The molecule has 0 aliphatic heterocycles. The van der Waals surface area contributed by atoms with E-state index in [2.05, 4.69) is 10.4 Å².